The second kappa shape index (κ2) is 8.91. The highest BCUT2D eigenvalue weighted by Gasteiger charge is 2.21. The maximum Gasteiger partial charge on any atom is 0.341 e. The van der Waals surface area contributed by atoms with Gasteiger partial charge in [0.25, 0.3) is 5.91 Å². The fourth-order valence-corrected chi connectivity index (χ4v) is 2.11. The van der Waals surface area contributed by atoms with Crippen LogP contribution in [0.4, 0.5) is 20.2 Å². The van der Waals surface area contributed by atoms with Crippen LogP contribution in [0.25, 0.3) is 0 Å². The van der Waals surface area contributed by atoms with E-state index in [0.29, 0.717) is 11.8 Å². The molecule has 2 aromatic carbocycles. The molecule has 0 fully saturated rings. The van der Waals surface area contributed by atoms with Crippen LogP contribution in [0.1, 0.15) is 17.3 Å². The molecule has 0 aliphatic rings. The number of esters is 1. The van der Waals surface area contributed by atoms with Gasteiger partial charge in [0.15, 0.2) is 6.10 Å². The Morgan fingerprint density at radius 2 is 1.88 bits per heavy atom. The molecule has 0 aromatic heterocycles. The number of ether oxygens (including phenoxy) is 1. The summed E-state index contributed by atoms with van der Waals surface area (Å²) >= 11 is 0. The van der Waals surface area contributed by atoms with Gasteiger partial charge in [0, 0.05) is 18.3 Å². The molecule has 0 aliphatic heterocycles. The SMILES string of the molecule is CC(OC(=O)c1ccccc1NCCO)C(=O)Nc1ccc(F)cc1F. The van der Waals surface area contributed by atoms with Crippen LogP contribution in [0, 0.1) is 11.6 Å². The van der Waals surface area contributed by atoms with Crippen LogP contribution in [-0.2, 0) is 9.53 Å². The normalized spacial score (nSPS) is 11.5. The second-order valence-electron chi connectivity index (χ2n) is 5.36. The highest BCUT2D eigenvalue weighted by Crippen LogP contribution is 2.18. The van der Waals surface area contributed by atoms with E-state index >= 15 is 0 Å². The molecule has 6 nitrogen and oxygen atoms in total. The van der Waals surface area contributed by atoms with Gasteiger partial charge in [-0.2, -0.15) is 0 Å². The van der Waals surface area contributed by atoms with E-state index in [9.17, 15) is 18.4 Å². The van der Waals surface area contributed by atoms with E-state index in [1.54, 1.807) is 18.2 Å². The van der Waals surface area contributed by atoms with Gasteiger partial charge >= 0.3 is 5.97 Å². The monoisotopic (exact) mass is 364 g/mol. The third-order valence-corrected chi connectivity index (χ3v) is 3.42. The van der Waals surface area contributed by atoms with Gasteiger partial charge in [-0.15, -0.1) is 0 Å². The molecule has 0 radical (unpaired) electrons. The number of aliphatic hydroxyl groups excluding tert-OH is 1. The van der Waals surface area contributed by atoms with Crippen LogP contribution in [-0.4, -0.2) is 36.2 Å². The molecule has 0 aliphatic carbocycles. The van der Waals surface area contributed by atoms with Crippen molar-refractivity contribution in [3.63, 3.8) is 0 Å². The van der Waals surface area contributed by atoms with Crippen LogP contribution in [0.2, 0.25) is 0 Å². The molecule has 138 valence electrons. The fraction of sp³-hybridized carbons (Fsp3) is 0.222. The molecule has 3 N–H and O–H groups in total. The van der Waals surface area contributed by atoms with E-state index in [4.69, 9.17) is 9.84 Å². The third kappa shape index (κ3) is 5.00. The van der Waals surface area contributed by atoms with Crippen LogP contribution in [0.5, 0.6) is 0 Å². The van der Waals surface area contributed by atoms with E-state index in [1.807, 2.05) is 0 Å². The number of carbonyl (C=O) groups is 2. The molecule has 26 heavy (non-hydrogen) atoms. The summed E-state index contributed by atoms with van der Waals surface area (Å²) in [7, 11) is 0. The second-order valence-corrected chi connectivity index (χ2v) is 5.36. The fourth-order valence-electron chi connectivity index (χ4n) is 2.11. The summed E-state index contributed by atoms with van der Waals surface area (Å²) in [6.07, 6.45) is -1.21. The first-order chi connectivity index (χ1) is 12.4. The standard InChI is InChI=1S/C18H18F2N2O4/c1-11(17(24)22-16-7-6-12(19)10-14(16)20)26-18(25)13-4-2-3-5-15(13)21-8-9-23/h2-7,10-11,21,23H,8-9H2,1H3,(H,22,24). The van der Waals surface area contributed by atoms with Crippen molar-refractivity contribution in [2.24, 2.45) is 0 Å². The highest BCUT2D eigenvalue weighted by atomic mass is 19.1. The average molecular weight is 364 g/mol. The van der Waals surface area contributed by atoms with Gasteiger partial charge < -0.3 is 20.5 Å². The Labute approximate surface area is 148 Å². The topological polar surface area (TPSA) is 87.7 Å². The molecule has 1 amide bonds. The van der Waals surface area contributed by atoms with Gasteiger partial charge in [-0.3, -0.25) is 4.79 Å². The summed E-state index contributed by atoms with van der Waals surface area (Å²) in [4.78, 5) is 24.4. The summed E-state index contributed by atoms with van der Waals surface area (Å²) in [5, 5.41) is 14.0. The lowest BCUT2D eigenvalue weighted by atomic mass is 10.1. The maximum atomic E-state index is 13.6. The Hall–Kier alpha value is -3.00. The first-order valence-corrected chi connectivity index (χ1v) is 7.83. The van der Waals surface area contributed by atoms with Gasteiger partial charge in [-0.05, 0) is 31.2 Å². The molecule has 0 saturated heterocycles. The summed E-state index contributed by atoms with van der Waals surface area (Å²) in [6, 6.07) is 9.17. The van der Waals surface area contributed by atoms with Crippen LogP contribution in [0.3, 0.4) is 0 Å². The van der Waals surface area contributed by atoms with Crippen molar-refractivity contribution in [3.8, 4) is 0 Å². The van der Waals surface area contributed by atoms with Crippen molar-refractivity contribution in [2.75, 3.05) is 23.8 Å². The van der Waals surface area contributed by atoms with Crippen molar-refractivity contribution >= 4 is 23.3 Å². The van der Waals surface area contributed by atoms with Gasteiger partial charge in [-0.1, -0.05) is 12.1 Å². The minimum absolute atomic E-state index is 0.120. The Bertz CT molecular complexity index is 799. The van der Waals surface area contributed by atoms with E-state index < -0.39 is 29.6 Å². The van der Waals surface area contributed by atoms with E-state index in [2.05, 4.69) is 10.6 Å². The third-order valence-electron chi connectivity index (χ3n) is 3.42. The summed E-state index contributed by atoms with van der Waals surface area (Å²) in [6.45, 7) is 1.45. The maximum absolute atomic E-state index is 13.6. The van der Waals surface area contributed by atoms with Crippen LogP contribution in [0.15, 0.2) is 42.5 Å². The summed E-state index contributed by atoms with van der Waals surface area (Å²) < 4.78 is 31.6. The van der Waals surface area contributed by atoms with E-state index in [1.165, 1.54) is 13.0 Å². The molecule has 1 unspecified atom stereocenters. The number of benzene rings is 2. The zero-order valence-electron chi connectivity index (χ0n) is 14.0. The highest BCUT2D eigenvalue weighted by molar-refractivity contribution is 5.99. The number of nitrogens with one attached hydrogen (secondary N) is 2. The van der Waals surface area contributed by atoms with Crippen molar-refractivity contribution in [3.05, 3.63) is 59.7 Å². The minimum Gasteiger partial charge on any atom is -0.449 e. The lowest BCUT2D eigenvalue weighted by molar-refractivity contribution is -0.123. The molecule has 0 saturated carbocycles. The van der Waals surface area contributed by atoms with Crippen molar-refractivity contribution in [2.45, 2.75) is 13.0 Å². The van der Waals surface area contributed by atoms with Crippen molar-refractivity contribution < 1.29 is 28.2 Å². The first-order valence-electron chi connectivity index (χ1n) is 7.83. The zero-order chi connectivity index (χ0) is 19.1. The minimum atomic E-state index is -1.21. The number of aliphatic hydroxyl groups is 1. The average Bonchev–Trinajstić information content (AvgIpc) is 2.62. The molecule has 0 bridgehead atoms. The summed E-state index contributed by atoms with van der Waals surface area (Å²) in [5.41, 5.74) is 0.418. The molecular formula is C18H18F2N2O4. The number of hydrogen-bond donors (Lipinski definition) is 3. The molecule has 0 spiro atoms. The Morgan fingerprint density at radius 1 is 1.15 bits per heavy atom. The number of anilines is 2. The number of para-hydroxylation sites is 1. The van der Waals surface area contributed by atoms with Gasteiger partial charge in [0.1, 0.15) is 11.6 Å². The van der Waals surface area contributed by atoms with Crippen molar-refractivity contribution in [1.82, 2.24) is 0 Å². The Kier molecular flexibility index (Phi) is 6.62. The van der Waals surface area contributed by atoms with Crippen LogP contribution >= 0.6 is 0 Å². The summed E-state index contributed by atoms with van der Waals surface area (Å²) in [5.74, 6) is -3.22. The van der Waals surface area contributed by atoms with Gasteiger partial charge in [0.05, 0.1) is 17.9 Å². The van der Waals surface area contributed by atoms with E-state index in [0.717, 1.165) is 12.1 Å². The largest absolute Gasteiger partial charge is 0.449 e. The molecule has 1 atom stereocenters. The number of rotatable bonds is 7. The number of carbonyl (C=O) groups excluding carboxylic acids is 2. The first kappa shape index (κ1) is 19.3. The Balaban J connectivity index is 2.03. The van der Waals surface area contributed by atoms with Gasteiger partial charge in [0.2, 0.25) is 0 Å². The lowest BCUT2D eigenvalue weighted by Gasteiger charge is -2.16. The number of hydrogen-bond acceptors (Lipinski definition) is 5. The quantitative estimate of drug-likeness (QED) is 0.657. The molecular weight excluding hydrogens is 346 g/mol. The van der Waals surface area contributed by atoms with Crippen LogP contribution < -0.4 is 10.6 Å². The van der Waals surface area contributed by atoms with E-state index in [-0.39, 0.29) is 24.4 Å². The predicted molar refractivity (Wildman–Crippen MR) is 91.9 cm³/mol. The Morgan fingerprint density at radius 3 is 2.58 bits per heavy atom. The van der Waals surface area contributed by atoms with Gasteiger partial charge in [-0.25, -0.2) is 13.6 Å². The number of amides is 1. The smallest absolute Gasteiger partial charge is 0.341 e. The zero-order valence-corrected chi connectivity index (χ0v) is 14.0. The lowest BCUT2D eigenvalue weighted by Crippen LogP contribution is -2.30. The van der Waals surface area contributed by atoms with Crippen molar-refractivity contribution in [1.29, 1.82) is 0 Å². The molecule has 2 aromatic rings. The molecule has 8 heteroatoms. The predicted octanol–water partition coefficient (Wildman–Crippen LogP) is 2.55. The number of halogens is 2. The molecule has 0 heterocycles. The molecule has 2 rings (SSSR count).